The van der Waals surface area contributed by atoms with Crippen LogP contribution in [0.25, 0.3) is 0 Å². The first kappa shape index (κ1) is 12.3. The average Bonchev–Trinajstić information content (AvgIpc) is 2.74. The summed E-state index contributed by atoms with van der Waals surface area (Å²) in [6.45, 7) is 6.46. The van der Waals surface area contributed by atoms with E-state index in [0.717, 1.165) is 12.0 Å². The van der Waals surface area contributed by atoms with E-state index in [4.69, 9.17) is 0 Å². The first-order chi connectivity index (χ1) is 7.79. The Bertz CT molecular complexity index is 199. The van der Waals surface area contributed by atoms with Crippen molar-refractivity contribution in [2.24, 2.45) is 5.92 Å². The number of hydrogen-bond acceptors (Lipinski definition) is 3. The van der Waals surface area contributed by atoms with E-state index in [1.165, 1.54) is 58.4 Å². The zero-order chi connectivity index (χ0) is 11.4. The van der Waals surface area contributed by atoms with Crippen molar-refractivity contribution in [1.29, 1.82) is 0 Å². The van der Waals surface area contributed by atoms with Gasteiger partial charge < -0.3 is 10.2 Å². The molecule has 0 aromatic carbocycles. The van der Waals surface area contributed by atoms with Crippen molar-refractivity contribution in [3.05, 3.63) is 0 Å². The molecule has 0 amide bonds. The number of likely N-dealkylation sites (N-methyl/N-ethyl adjacent to an activating group) is 1. The van der Waals surface area contributed by atoms with Crippen LogP contribution in [0, 0.1) is 5.92 Å². The zero-order valence-corrected chi connectivity index (χ0v) is 10.9. The maximum absolute atomic E-state index is 3.27. The second kappa shape index (κ2) is 5.99. The molecule has 2 fully saturated rings. The molecule has 0 spiro atoms. The lowest BCUT2D eigenvalue weighted by Crippen LogP contribution is -2.42. The second-order valence-electron chi connectivity index (χ2n) is 5.58. The predicted molar refractivity (Wildman–Crippen MR) is 68.7 cm³/mol. The van der Waals surface area contributed by atoms with Gasteiger partial charge in [0.05, 0.1) is 0 Å². The molecule has 2 aliphatic heterocycles. The van der Waals surface area contributed by atoms with Crippen LogP contribution in [0.2, 0.25) is 0 Å². The molecule has 0 bridgehead atoms. The van der Waals surface area contributed by atoms with Crippen LogP contribution in [0.5, 0.6) is 0 Å². The number of nitrogens with zero attached hydrogens (tertiary/aromatic N) is 2. The lowest BCUT2D eigenvalue weighted by molar-refractivity contribution is 0.132. The van der Waals surface area contributed by atoms with Gasteiger partial charge in [-0.05, 0) is 71.9 Å². The Morgan fingerprint density at radius 2 is 1.88 bits per heavy atom. The van der Waals surface area contributed by atoms with Gasteiger partial charge in [-0.25, -0.2) is 0 Å². The standard InChI is InChI=1S/C13H27N3/c1-14-7-3-12-4-9-16(10-5-12)13-6-8-15(2)11-13/h12-14H,3-11H2,1-2H3. The van der Waals surface area contributed by atoms with Crippen LogP contribution in [0.1, 0.15) is 25.7 Å². The predicted octanol–water partition coefficient (Wildman–Crippen LogP) is 1.01. The van der Waals surface area contributed by atoms with Crippen LogP contribution < -0.4 is 5.32 Å². The minimum atomic E-state index is 0.857. The third kappa shape index (κ3) is 3.19. The van der Waals surface area contributed by atoms with Gasteiger partial charge in [-0.3, -0.25) is 4.90 Å². The summed E-state index contributed by atoms with van der Waals surface area (Å²) in [7, 11) is 4.31. The average molecular weight is 225 g/mol. The van der Waals surface area contributed by atoms with E-state index in [0.29, 0.717) is 0 Å². The van der Waals surface area contributed by atoms with Crippen molar-refractivity contribution in [3.8, 4) is 0 Å². The normalized spacial score (nSPS) is 30.0. The summed E-state index contributed by atoms with van der Waals surface area (Å²) in [6.07, 6.45) is 5.59. The van der Waals surface area contributed by atoms with Crippen molar-refractivity contribution < 1.29 is 0 Å². The van der Waals surface area contributed by atoms with E-state index in [-0.39, 0.29) is 0 Å². The molecule has 0 aromatic rings. The third-order valence-electron chi connectivity index (χ3n) is 4.33. The molecule has 2 aliphatic rings. The maximum Gasteiger partial charge on any atom is 0.0235 e. The van der Waals surface area contributed by atoms with E-state index >= 15 is 0 Å². The Hall–Kier alpha value is -0.120. The Morgan fingerprint density at radius 3 is 2.44 bits per heavy atom. The molecule has 2 rings (SSSR count). The summed E-state index contributed by atoms with van der Waals surface area (Å²) in [5, 5.41) is 3.27. The van der Waals surface area contributed by atoms with Crippen LogP contribution in [-0.2, 0) is 0 Å². The third-order valence-corrected chi connectivity index (χ3v) is 4.33. The number of piperidine rings is 1. The van der Waals surface area contributed by atoms with Crippen molar-refractivity contribution in [1.82, 2.24) is 15.1 Å². The molecule has 0 radical (unpaired) electrons. The van der Waals surface area contributed by atoms with E-state index in [2.05, 4.69) is 29.2 Å². The van der Waals surface area contributed by atoms with Gasteiger partial charge >= 0.3 is 0 Å². The molecule has 94 valence electrons. The first-order valence-corrected chi connectivity index (χ1v) is 6.87. The van der Waals surface area contributed by atoms with Gasteiger partial charge in [-0.15, -0.1) is 0 Å². The van der Waals surface area contributed by atoms with Crippen LogP contribution >= 0.6 is 0 Å². The summed E-state index contributed by atoms with van der Waals surface area (Å²) in [5.74, 6) is 0.975. The second-order valence-corrected chi connectivity index (χ2v) is 5.58. The largest absolute Gasteiger partial charge is 0.320 e. The molecule has 1 atom stereocenters. The van der Waals surface area contributed by atoms with Gasteiger partial charge in [0.25, 0.3) is 0 Å². The minimum absolute atomic E-state index is 0.857. The van der Waals surface area contributed by atoms with Crippen molar-refractivity contribution in [3.63, 3.8) is 0 Å². The van der Waals surface area contributed by atoms with Crippen molar-refractivity contribution >= 4 is 0 Å². The highest BCUT2D eigenvalue weighted by Gasteiger charge is 2.28. The van der Waals surface area contributed by atoms with E-state index in [9.17, 15) is 0 Å². The lowest BCUT2D eigenvalue weighted by atomic mass is 9.92. The molecule has 2 heterocycles. The van der Waals surface area contributed by atoms with E-state index in [1.54, 1.807) is 0 Å². The molecule has 0 saturated carbocycles. The summed E-state index contributed by atoms with van der Waals surface area (Å²) in [5.41, 5.74) is 0. The van der Waals surface area contributed by atoms with Crippen molar-refractivity contribution in [2.75, 3.05) is 46.8 Å². The topological polar surface area (TPSA) is 18.5 Å². The Labute approximate surface area is 100 Å². The van der Waals surface area contributed by atoms with Gasteiger partial charge in [0.2, 0.25) is 0 Å². The molecular formula is C13H27N3. The van der Waals surface area contributed by atoms with Crippen LogP contribution in [-0.4, -0.2) is 62.7 Å². The SMILES string of the molecule is CNCCC1CCN(C2CCN(C)C2)CC1. The van der Waals surface area contributed by atoms with E-state index < -0.39 is 0 Å². The Balaban J connectivity index is 1.68. The lowest BCUT2D eigenvalue weighted by Gasteiger charge is -2.36. The van der Waals surface area contributed by atoms with Gasteiger partial charge in [0.15, 0.2) is 0 Å². The molecule has 2 saturated heterocycles. The summed E-state index contributed by atoms with van der Waals surface area (Å²) < 4.78 is 0. The highest BCUT2D eigenvalue weighted by molar-refractivity contribution is 4.84. The summed E-state index contributed by atoms with van der Waals surface area (Å²) in [6, 6.07) is 0.857. The Morgan fingerprint density at radius 1 is 1.12 bits per heavy atom. The molecule has 3 nitrogen and oxygen atoms in total. The zero-order valence-electron chi connectivity index (χ0n) is 10.9. The number of nitrogens with one attached hydrogen (secondary N) is 1. The summed E-state index contributed by atoms with van der Waals surface area (Å²) in [4.78, 5) is 5.21. The molecular weight excluding hydrogens is 198 g/mol. The first-order valence-electron chi connectivity index (χ1n) is 6.87. The molecule has 16 heavy (non-hydrogen) atoms. The number of rotatable bonds is 4. The highest BCUT2D eigenvalue weighted by Crippen LogP contribution is 2.24. The molecule has 0 aromatic heterocycles. The monoisotopic (exact) mass is 225 g/mol. The maximum atomic E-state index is 3.27. The number of hydrogen-bond donors (Lipinski definition) is 1. The van der Waals surface area contributed by atoms with Gasteiger partial charge in [0, 0.05) is 12.6 Å². The quantitative estimate of drug-likeness (QED) is 0.770. The molecule has 0 aliphatic carbocycles. The van der Waals surface area contributed by atoms with Gasteiger partial charge in [-0.1, -0.05) is 0 Å². The van der Waals surface area contributed by atoms with Crippen LogP contribution in [0.3, 0.4) is 0 Å². The fourth-order valence-corrected chi connectivity index (χ4v) is 3.17. The van der Waals surface area contributed by atoms with E-state index in [1.807, 2.05) is 0 Å². The number of likely N-dealkylation sites (tertiary alicyclic amines) is 2. The highest BCUT2D eigenvalue weighted by atomic mass is 15.2. The Kier molecular flexibility index (Phi) is 4.62. The van der Waals surface area contributed by atoms with Gasteiger partial charge in [0.1, 0.15) is 0 Å². The minimum Gasteiger partial charge on any atom is -0.320 e. The fourth-order valence-electron chi connectivity index (χ4n) is 3.17. The summed E-state index contributed by atoms with van der Waals surface area (Å²) >= 11 is 0. The van der Waals surface area contributed by atoms with Crippen molar-refractivity contribution in [2.45, 2.75) is 31.7 Å². The molecule has 3 heteroatoms. The van der Waals surface area contributed by atoms with Gasteiger partial charge in [-0.2, -0.15) is 0 Å². The molecule has 1 N–H and O–H groups in total. The molecule has 1 unspecified atom stereocenters. The van der Waals surface area contributed by atoms with Crippen LogP contribution in [0.15, 0.2) is 0 Å². The smallest absolute Gasteiger partial charge is 0.0235 e. The fraction of sp³-hybridized carbons (Fsp3) is 1.00. The van der Waals surface area contributed by atoms with Crippen LogP contribution in [0.4, 0.5) is 0 Å².